The van der Waals surface area contributed by atoms with Crippen molar-refractivity contribution in [1.29, 1.82) is 0 Å². The zero-order valence-corrected chi connectivity index (χ0v) is 8.71. The molecule has 0 fully saturated rings. The number of aliphatic hydroxyl groups is 2. The van der Waals surface area contributed by atoms with E-state index in [2.05, 4.69) is 15.9 Å². The Bertz CT molecular complexity index is 255. The van der Waals surface area contributed by atoms with E-state index in [1.54, 1.807) is 6.92 Å². The topological polar surface area (TPSA) is 77.8 Å². The summed E-state index contributed by atoms with van der Waals surface area (Å²) in [5, 5.41) is 26.0. The van der Waals surface area contributed by atoms with Crippen LogP contribution in [0.2, 0.25) is 0 Å². The number of halogens is 1. The standard InChI is InChI=1S/C8H11BrO4/c1-2-6(8(12)13)7(9)3-5(11)4-10/h3,10-11H,2,4H2,1H3,(H,12,13)/b5-3+,7-6-. The maximum Gasteiger partial charge on any atom is 0.332 e. The van der Waals surface area contributed by atoms with Gasteiger partial charge in [-0.25, -0.2) is 4.79 Å². The van der Waals surface area contributed by atoms with Gasteiger partial charge in [-0.05, 0) is 12.5 Å². The summed E-state index contributed by atoms with van der Waals surface area (Å²) in [5.41, 5.74) is 0.153. The van der Waals surface area contributed by atoms with Crippen LogP contribution in [-0.4, -0.2) is 27.9 Å². The number of aliphatic hydroxyl groups excluding tert-OH is 2. The van der Waals surface area contributed by atoms with E-state index < -0.39 is 12.6 Å². The maximum absolute atomic E-state index is 10.6. The lowest BCUT2D eigenvalue weighted by molar-refractivity contribution is -0.132. The molecular formula is C8H11BrO4. The van der Waals surface area contributed by atoms with Gasteiger partial charge in [-0.15, -0.1) is 0 Å². The van der Waals surface area contributed by atoms with E-state index in [0.29, 0.717) is 6.42 Å². The number of allylic oxidation sites excluding steroid dienone is 2. The Hall–Kier alpha value is -0.810. The van der Waals surface area contributed by atoms with E-state index in [0.717, 1.165) is 0 Å². The highest BCUT2D eigenvalue weighted by Gasteiger charge is 2.08. The average molecular weight is 251 g/mol. The van der Waals surface area contributed by atoms with Crippen LogP contribution < -0.4 is 0 Å². The number of carboxylic acids is 1. The van der Waals surface area contributed by atoms with Crippen molar-refractivity contribution in [2.75, 3.05) is 6.61 Å². The van der Waals surface area contributed by atoms with Crippen molar-refractivity contribution in [3.63, 3.8) is 0 Å². The van der Waals surface area contributed by atoms with Gasteiger partial charge in [0.05, 0.1) is 5.57 Å². The average Bonchev–Trinajstić information content (AvgIpc) is 2.04. The maximum atomic E-state index is 10.6. The molecule has 0 aromatic carbocycles. The van der Waals surface area contributed by atoms with E-state index >= 15 is 0 Å². The third kappa shape index (κ3) is 4.10. The van der Waals surface area contributed by atoms with Crippen LogP contribution in [0.25, 0.3) is 0 Å². The number of carbonyl (C=O) groups is 1. The summed E-state index contributed by atoms with van der Waals surface area (Å²) in [6.45, 7) is 1.18. The molecule has 13 heavy (non-hydrogen) atoms. The molecule has 0 amide bonds. The van der Waals surface area contributed by atoms with Crippen molar-refractivity contribution < 1.29 is 20.1 Å². The molecule has 3 N–H and O–H groups in total. The Morgan fingerprint density at radius 3 is 2.31 bits per heavy atom. The molecule has 0 saturated heterocycles. The summed E-state index contributed by atoms with van der Waals surface area (Å²) in [6, 6.07) is 0. The SMILES string of the molecule is CC/C(C(=O)O)=C(Br)\C=C(\O)CO. The quantitative estimate of drug-likeness (QED) is 0.402. The number of hydrogen-bond donors (Lipinski definition) is 3. The first kappa shape index (κ1) is 12.2. The number of aliphatic carboxylic acids is 1. The molecule has 0 heterocycles. The third-order valence-electron chi connectivity index (χ3n) is 1.36. The molecule has 74 valence electrons. The summed E-state index contributed by atoms with van der Waals surface area (Å²) in [5.74, 6) is -1.32. The van der Waals surface area contributed by atoms with Crippen molar-refractivity contribution in [2.24, 2.45) is 0 Å². The highest BCUT2D eigenvalue weighted by atomic mass is 79.9. The zero-order valence-electron chi connectivity index (χ0n) is 7.12. The van der Waals surface area contributed by atoms with E-state index in [9.17, 15) is 4.79 Å². The lowest BCUT2D eigenvalue weighted by Crippen LogP contribution is -2.01. The van der Waals surface area contributed by atoms with Gasteiger partial charge in [-0.2, -0.15) is 0 Å². The van der Waals surface area contributed by atoms with Crippen LogP contribution >= 0.6 is 15.9 Å². The summed E-state index contributed by atoms with van der Waals surface area (Å²) >= 11 is 3.00. The van der Waals surface area contributed by atoms with Crippen molar-refractivity contribution in [3.05, 3.63) is 21.9 Å². The van der Waals surface area contributed by atoms with Gasteiger partial charge in [-0.1, -0.05) is 22.9 Å². The Labute approximate surface area is 84.3 Å². The first-order valence-electron chi connectivity index (χ1n) is 3.65. The second-order valence-corrected chi connectivity index (χ2v) is 3.13. The van der Waals surface area contributed by atoms with Gasteiger partial charge in [0.25, 0.3) is 0 Å². The molecule has 0 aliphatic heterocycles. The monoisotopic (exact) mass is 250 g/mol. The molecule has 5 heteroatoms. The fraction of sp³-hybridized carbons (Fsp3) is 0.375. The molecule has 0 aromatic heterocycles. The fourth-order valence-corrected chi connectivity index (χ4v) is 1.42. The highest BCUT2D eigenvalue weighted by molar-refractivity contribution is 9.11. The minimum absolute atomic E-state index is 0.153. The van der Waals surface area contributed by atoms with E-state index in [1.807, 2.05) is 0 Å². The Morgan fingerprint density at radius 1 is 1.46 bits per heavy atom. The zero-order chi connectivity index (χ0) is 10.4. The third-order valence-corrected chi connectivity index (χ3v) is 2.06. The second kappa shape index (κ2) is 5.77. The van der Waals surface area contributed by atoms with Crippen LogP contribution in [0.4, 0.5) is 0 Å². The second-order valence-electron chi connectivity index (χ2n) is 2.28. The van der Waals surface area contributed by atoms with Crippen LogP contribution in [0.15, 0.2) is 21.9 Å². The Morgan fingerprint density at radius 2 is 2.00 bits per heavy atom. The smallest absolute Gasteiger partial charge is 0.332 e. The van der Waals surface area contributed by atoms with Crippen LogP contribution in [-0.2, 0) is 4.79 Å². The van der Waals surface area contributed by atoms with Crippen molar-refractivity contribution >= 4 is 21.9 Å². The van der Waals surface area contributed by atoms with Gasteiger partial charge >= 0.3 is 5.97 Å². The molecule has 0 aromatic rings. The Kier molecular flexibility index (Phi) is 5.41. The predicted octanol–water partition coefficient (Wildman–Crippen LogP) is 1.56. The Balaban J connectivity index is 4.87. The van der Waals surface area contributed by atoms with Gasteiger partial charge in [0.1, 0.15) is 12.4 Å². The van der Waals surface area contributed by atoms with Gasteiger partial charge in [0.15, 0.2) is 0 Å². The lowest BCUT2D eigenvalue weighted by atomic mass is 10.2. The van der Waals surface area contributed by atoms with Gasteiger partial charge in [0.2, 0.25) is 0 Å². The normalized spacial score (nSPS) is 13.9. The van der Waals surface area contributed by atoms with E-state index in [1.165, 1.54) is 6.08 Å². The molecule has 0 rings (SSSR count). The summed E-state index contributed by atoms with van der Waals surface area (Å²) in [4.78, 5) is 10.6. The van der Waals surface area contributed by atoms with E-state index in [4.69, 9.17) is 15.3 Å². The molecule has 0 aliphatic rings. The van der Waals surface area contributed by atoms with Gasteiger partial charge in [-0.3, -0.25) is 0 Å². The van der Waals surface area contributed by atoms with Gasteiger partial charge < -0.3 is 15.3 Å². The minimum Gasteiger partial charge on any atom is -0.510 e. The van der Waals surface area contributed by atoms with Crippen LogP contribution in [0, 0.1) is 0 Å². The molecule has 0 radical (unpaired) electrons. The van der Waals surface area contributed by atoms with E-state index in [-0.39, 0.29) is 15.8 Å². The minimum atomic E-state index is -1.05. The first-order valence-corrected chi connectivity index (χ1v) is 4.44. The molecular weight excluding hydrogens is 240 g/mol. The molecule has 4 nitrogen and oxygen atoms in total. The largest absolute Gasteiger partial charge is 0.510 e. The van der Waals surface area contributed by atoms with Crippen LogP contribution in [0.3, 0.4) is 0 Å². The lowest BCUT2D eigenvalue weighted by Gasteiger charge is -2.00. The van der Waals surface area contributed by atoms with Gasteiger partial charge in [0, 0.05) is 4.48 Å². The molecule has 0 unspecified atom stereocenters. The molecule has 0 bridgehead atoms. The summed E-state index contributed by atoms with van der Waals surface area (Å²) < 4.78 is 0.272. The summed E-state index contributed by atoms with van der Waals surface area (Å²) in [6.07, 6.45) is 1.51. The molecule has 0 spiro atoms. The highest BCUT2D eigenvalue weighted by Crippen LogP contribution is 2.17. The van der Waals surface area contributed by atoms with Crippen molar-refractivity contribution in [2.45, 2.75) is 13.3 Å². The van der Waals surface area contributed by atoms with Crippen molar-refractivity contribution in [3.8, 4) is 0 Å². The fourth-order valence-electron chi connectivity index (χ4n) is 0.701. The summed E-state index contributed by atoms with van der Waals surface area (Å²) in [7, 11) is 0. The predicted molar refractivity (Wildman–Crippen MR) is 51.7 cm³/mol. The molecule has 0 atom stereocenters. The molecule has 0 aliphatic carbocycles. The number of carboxylic acid groups (broad SMARTS) is 1. The number of hydrogen-bond acceptors (Lipinski definition) is 3. The van der Waals surface area contributed by atoms with Crippen LogP contribution in [0.5, 0.6) is 0 Å². The van der Waals surface area contributed by atoms with Crippen LogP contribution in [0.1, 0.15) is 13.3 Å². The van der Waals surface area contributed by atoms with Crippen molar-refractivity contribution in [1.82, 2.24) is 0 Å². The first-order chi connectivity index (χ1) is 6.02. The number of rotatable bonds is 4. The molecule has 0 saturated carbocycles.